The summed E-state index contributed by atoms with van der Waals surface area (Å²) in [5.74, 6) is -0.00809. The fraction of sp³-hybridized carbons (Fsp3) is 0.154. The van der Waals surface area contributed by atoms with Crippen LogP contribution in [0.15, 0.2) is 53.7 Å². The number of halogens is 3. The Bertz CT molecular complexity index is 1590. The molecule has 0 atom stereocenters. The van der Waals surface area contributed by atoms with Crippen molar-refractivity contribution in [2.45, 2.75) is 6.61 Å². The van der Waals surface area contributed by atoms with Gasteiger partial charge in [0.1, 0.15) is 24.4 Å². The summed E-state index contributed by atoms with van der Waals surface area (Å²) < 4.78 is 31.7. The van der Waals surface area contributed by atoms with E-state index in [0.717, 1.165) is 0 Å². The van der Waals surface area contributed by atoms with Crippen LogP contribution in [0.4, 0.5) is 15.8 Å². The van der Waals surface area contributed by atoms with Gasteiger partial charge in [0.05, 0.1) is 46.8 Å². The Morgan fingerprint density at radius 2 is 1.95 bits per heavy atom. The Balaban J connectivity index is 1.63. The summed E-state index contributed by atoms with van der Waals surface area (Å²) in [5.41, 5.74) is 12.5. The summed E-state index contributed by atoms with van der Waals surface area (Å²) in [6.45, 7) is 0.429. The standard InChI is InChI=1S/C26H22Cl2FN7O3/c1-37-22-7-16-19(10-23(22)38-6-5-33-26(31)32)34-12-14(11-30)25(16)36-20-9-18(29)21(8-17(20)27)39-13-15-3-2-4-24(28)35-15/h2-4,7-10,12H,5-6,13H2,1H3,(H,34,36)(H4,31,32,33). The lowest BCUT2D eigenvalue weighted by Gasteiger charge is -2.16. The van der Waals surface area contributed by atoms with Crippen LogP contribution in [0.1, 0.15) is 11.3 Å². The van der Waals surface area contributed by atoms with Crippen molar-refractivity contribution in [2.24, 2.45) is 16.5 Å². The summed E-state index contributed by atoms with van der Waals surface area (Å²) in [4.78, 5) is 12.3. The Morgan fingerprint density at radius 1 is 1.13 bits per heavy atom. The summed E-state index contributed by atoms with van der Waals surface area (Å²) >= 11 is 12.4. The first-order valence-corrected chi connectivity index (χ1v) is 12.1. The van der Waals surface area contributed by atoms with E-state index in [4.69, 9.17) is 48.9 Å². The molecule has 39 heavy (non-hydrogen) atoms. The van der Waals surface area contributed by atoms with Gasteiger partial charge in [-0.05, 0) is 18.2 Å². The molecule has 0 aliphatic heterocycles. The number of nitrogens with one attached hydrogen (secondary N) is 1. The molecule has 0 amide bonds. The summed E-state index contributed by atoms with van der Waals surface area (Å²) in [5, 5.41) is 13.8. The zero-order valence-electron chi connectivity index (χ0n) is 20.5. The highest BCUT2D eigenvalue weighted by molar-refractivity contribution is 6.33. The van der Waals surface area contributed by atoms with Gasteiger partial charge in [-0.2, -0.15) is 5.26 Å². The van der Waals surface area contributed by atoms with Crippen molar-refractivity contribution in [3.8, 4) is 23.3 Å². The van der Waals surface area contributed by atoms with Crippen molar-refractivity contribution in [3.63, 3.8) is 0 Å². The van der Waals surface area contributed by atoms with Gasteiger partial charge in [-0.1, -0.05) is 29.3 Å². The Labute approximate surface area is 232 Å². The maximum atomic E-state index is 15.0. The number of hydrogen-bond acceptors (Lipinski definition) is 8. The van der Waals surface area contributed by atoms with Crippen LogP contribution < -0.4 is 31.0 Å². The molecule has 2 aromatic carbocycles. The topological polar surface area (TPSA) is 154 Å². The molecule has 5 N–H and O–H groups in total. The van der Waals surface area contributed by atoms with Gasteiger partial charge in [0.2, 0.25) is 0 Å². The molecule has 4 aromatic rings. The van der Waals surface area contributed by atoms with E-state index in [2.05, 4.69) is 26.3 Å². The minimum atomic E-state index is -0.671. The number of rotatable bonds is 10. The first-order chi connectivity index (χ1) is 18.8. The van der Waals surface area contributed by atoms with Gasteiger partial charge in [-0.3, -0.25) is 9.98 Å². The first kappa shape index (κ1) is 27.5. The second-order valence-corrected chi connectivity index (χ2v) is 8.76. The third kappa shape index (κ3) is 6.67. The number of fused-ring (bicyclic) bond motifs is 1. The van der Waals surface area contributed by atoms with Gasteiger partial charge in [0.25, 0.3) is 0 Å². The van der Waals surface area contributed by atoms with Crippen LogP contribution in [0.5, 0.6) is 17.2 Å². The number of guanidine groups is 1. The summed E-state index contributed by atoms with van der Waals surface area (Å²) in [6, 6.07) is 12.9. The summed E-state index contributed by atoms with van der Waals surface area (Å²) in [7, 11) is 1.47. The van der Waals surface area contributed by atoms with Gasteiger partial charge in [0.15, 0.2) is 29.0 Å². The quantitative estimate of drug-likeness (QED) is 0.104. The highest BCUT2D eigenvalue weighted by atomic mass is 35.5. The van der Waals surface area contributed by atoms with Gasteiger partial charge in [0, 0.05) is 29.8 Å². The molecule has 10 nitrogen and oxygen atoms in total. The smallest absolute Gasteiger partial charge is 0.186 e. The number of hydrogen-bond donors (Lipinski definition) is 3. The number of nitrogens with zero attached hydrogens (tertiary/aromatic N) is 4. The number of nitriles is 1. The maximum Gasteiger partial charge on any atom is 0.186 e. The second-order valence-electron chi connectivity index (χ2n) is 7.96. The van der Waals surface area contributed by atoms with Crippen molar-refractivity contribution in [2.75, 3.05) is 25.6 Å². The number of methoxy groups -OCH3 is 1. The lowest BCUT2D eigenvalue weighted by molar-refractivity contribution is 0.286. The normalized spacial score (nSPS) is 10.5. The van der Waals surface area contributed by atoms with Gasteiger partial charge < -0.3 is 31.0 Å². The Kier molecular flexibility index (Phi) is 8.70. The van der Waals surface area contributed by atoms with E-state index >= 15 is 0 Å². The molecular weight excluding hydrogens is 548 g/mol. The van der Waals surface area contributed by atoms with Crippen molar-refractivity contribution >= 4 is 51.4 Å². The van der Waals surface area contributed by atoms with E-state index in [0.29, 0.717) is 38.9 Å². The van der Waals surface area contributed by atoms with Crippen LogP contribution in [0.25, 0.3) is 10.9 Å². The van der Waals surface area contributed by atoms with E-state index in [1.165, 1.54) is 25.4 Å². The van der Waals surface area contributed by atoms with Crippen molar-refractivity contribution in [1.29, 1.82) is 5.26 Å². The van der Waals surface area contributed by atoms with Crippen LogP contribution in [0.3, 0.4) is 0 Å². The lowest BCUT2D eigenvalue weighted by atomic mass is 10.1. The van der Waals surface area contributed by atoms with E-state index in [9.17, 15) is 9.65 Å². The number of ether oxygens (including phenoxy) is 3. The molecular formula is C26H22Cl2FN7O3. The van der Waals surface area contributed by atoms with Crippen LogP contribution in [0, 0.1) is 17.1 Å². The fourth-order valence-electron chi connectivity index (χ4n) is 3.57. The molecule has 0 bridgehead atoms. The monoisotopic (exact) mass is 569 g/mol. The fourth-order valence-corrected chi connectivity index (χ4v) is 3.96. The van der Waals surface area contributed by atoms with E-state index in [1.54, 1.807) is 30.3 Å². The third-order valence-electron chi connectivity index (χ3n) is 5.35. The number of benzene rings is 2. The molecule has 200 valence electrons. The molecule has 0 spiro atoms. The van der Waals surface area contributed by atoms with Crippen molar-refractivity contribution < 1.29 is 18.6 Å². The first-order valence-electron chi connectivity index (χ1n) is 11.4. The highest BCUT2D eigenvalue weighted by Gasteiger charge is 2.17. The zero-order chi connectivity index (χ0) is 27.9. The highest BCUT2D eigenvalue weighted by Crippen LogP contribution is 2.39. The molecule has 0 saturated carbocycles. The van der Waals surface area contributed by atoms with Crippen molar-refractivity contribution in [1.82, 2.24) is 9.97 Å². The predicted molar refractivity (Wildman–Crippen MR) is 147 cm³/mol. The van der Waals surface area contributed by atoms with E-state index in [1.807, 2.05) is 0 Å². The van der Waals surface area contributed by atoms with Crippen LogP contribution in [0.2, 0.25) is 10.2 Å². The van der Waals surface area contributed by atoms with Crippen molar-refractivity contribution in [3.05, 3.63) is 75.9 Å². The number of aliphatic imine (C=N–C) groups is 1. The third-order valence-corrected chi connectivity index (χ3v) is 5.87. The van der Waals surface area contributed by atoms with Gasteiger partial charge >= 0.3 is 0 Å². The predicted octanol–water partition coefficient (Wildman–Crippen LogP) is 4.93. The van der Waals surface area contributed by atoms with Crippen LogP contribution >= 0.6 is 23.2 Å². The molecule has 13 heteroatoms. The molecule has 0 radical (unpaired) electrons. The second kappa shape index (κ2) is 12.3. The number of aromatic nitrogens is 2. The Morgan fingerprint density at radius 3 is 2.67 bits per heavy atom. The molecule has 0 aliphatic carbocycles. The SMILES string of the molecule is COc1cc2c(Nc3cc(F)c(OCc4cccc(Cl)n4)cc3Cl)c(C#N)cnc2cc1OCCN=C(N)N. The molecule has 2 heterocycles. The largest absolute Gasteiger partial charge is 0.493 e. The summed E-state index contributed by atoms with van der Waals surface area (Å²) in [6.07, 6.45) is 1.39. The molecule has 4 rings (SSSR count). The van der Waals surface area contributed by atoms with E-state index in [-0.39, 0.29) is 47.7 Å². The van der Waals surface area contributed by atoms with Crippen LogP contribution in [-0.2, 0) is 6.61 Å². The minimum Gasteiger partial charge on any atom is -0.493 e. The molecule has 0 fully saturated rings. The number of pyridine rings is 2. The number of anilines is 2. The Hall–Kier alpha value is -4.53. The molecule has 0 saturated heterocycles. The zero-order valence-corrected chi connectivity index (χ0v) is 22.1. The average Bonchev–Trinajstić information content (AvgIpc) is 2.91. The number of nitrogens with two attached hydrogens (primary N) is 2. The van der Waals surface area contributed by atoms with Gasteiger partial charge in [-0.15, -0.1) is 0 Å². The molecule has 0 unspecified atom stereocenters. The van der Waals surface area contributed by atoms with Crippen LogP contribution in [-0.4, -0.2) is 36.2 Å². The lowest BCUT2D eigenvalue weighted by Crippen LogP contribution is -2.23. The van der Waals surface area contributed by atoms with Gasteiger partial charge in [-0.25, -0.2) is 9.37 Å². The van der Waals surface area contributed by atoms with E-state index < -0.39 is 5.82 Å². The average molecular weight is 570 g/mol. The maximum absolute atomic E-state index is 15.0. The minimum absolute atomic E-state index is 0.00961. The molecule has 0 aliphatic rings. The molecule has 2 aromatic heterocycles.